The summed E-state index contributed by atoms with van der Waals surface area (Å²) in [6.07, 6.45) is -0.0170. The molecule has 2 heterocycles. The van der Waals surface area contributed by atoms with Crippen LogP contribution in [0.5, 0.6) is 0 Å². The van der Waals surface area contributed by atoms with Crippen LogP contribution in [-0.2, 0) is 14.6 Å². The number of aryl methyl sites for hydroxylation is 1. The molecule has 1 aliphatic heterocycles. The molecule has 0 atom stereocenters. The maximum absolute atomic E-state index is 12.3. The molecule has 0 saturated carbocycles. The molecule has 1 fully saturated rings. The zero-order valence-electron chi connectivity index (χ0n) is 14.0. The molecule has 1 saturated heterocycles. The normalized spacial score (nSPS) is 15.4. The van der Waals surface area contributed by atoms with Gasteiger partial charge >= 0.3 is 6.01 Å². The Balaban J connectivity index is 1.51. The lowest BCUT2D eigenvalue weighted by Gasteiger charge is -2.33. The number of hydrogen-bond donors (Lipinski definition) is 0. The highest BCUT2D eigenvalue weighted by molar-refractivity contribution is 7.91. The summed E-state index contributed by atoms with van der Waals surface area (Å²) in [5.74, 6) is 0.166. The predicted molar refractivity (Wildman–Crippen MR) is 90.9 cm³/mol. The summed E-state index contributed by atoms with van der Waals surface area (Å²) in [4.78, 5) is 16.2. The summed E-state index contributed by atoms with van der Waals surface area (Å²) in [5.41, 5.74) is 0. The van der Waals surface area contributed by atoms with Gasteiger partial charge in [-0.25, -0.2) is 8.42 Å². The highest BCUT2D eigenvalue weighted by Crippen LogP contribution is 2.16. The minimum atomic E-state index is -3.44. The van der Waals surface area contributed by atoms with Crippen LogP contribution in [0.1, 0.15) is 12.3 Å². The van der Waals surface area contributed by atoms with E-state index in [1.165, 1.54) is 0 Å². The summed E-state index contributed by atoms with van der Waals surface area (Å²) in [6, 6.07) is 8.65. The van der Waals surface area contributed by atoms with E-state index in [9.17, 15) is 13.2 Å². The molecule has 0 bridgehead atoms. The number of rotatable bonds is 5. The van der Waals surface area contributed by atoms with Gasteiger partial charge in [-0.15, -0.1) is 5.10 Å². The van der Waals surface area contributed by atoms with Gasteiger partial charge in [0.2, 0.25) is 11.8 Å². The summed E-state index contributed by atoms with van der Waals surface area (Å²) in [5, 5.41) is 7.76. The van der Waals surface area contributed by atoms with E-state index < -0.39 is 9.84 Å². The average molecular weight is 364 g/mol. The highest BCUT2D eigenvalue weighted by Gasteiger charge is 2.25. The molecule has 134 valence electrons. The van der Waals surface area contributed by atoms with Gasteiger partial charge in [0.15, 0.2) is 9.84 Å². The van der Waals surface area contributed by atoms with Crippen LogP contribution in [0.2, 0.25) is 0 Å². The Bertz CT molecular complexity index is 827. The van der Waals surface area contributed by atoms with Crippen LogP contribution in [0.15, 0.2) is 39.6 Å². The first-order chi connectivity index (χ1) is 12.0. The number of benzene rings is 1. The van der Waals surface area contributed by atoms with Crippen molar-refractivity contribution in [2.24, 2.45) is 0 Å². The summed E-state index contributed by atoms with van der Waals surface area (Å²) in [6.45, 7) is 3.90. The molecule has 9 heteroatoms. The lowest BCUT2D eigenvalue weighted by atomic mass is 10.3. The smallest absolute Gasteiger partial charge is 0.318 e. The number of aromatic nitrogens is 2. The maximum atomic E-state index is 12.3. The molecular formula is C16H20N4O4S. The molecule has 8 nitrogen and oxygen atoms in total. The molecule has 0 spiro atoms. The molecule has 0 aliphatic carbocycles. The third-order valence-electron chi connectivity index (χ3n) is 4.11. The molecule has 1 aromatic carbocycles. The fraction of sp³-hybridized carbons (Fsp3) is 0.438. The zero-order chi connectivity index (χ0) is 17.9. The van der Waals surface area contributed by atoms with E-state index in [-0.39, 0.29) is 23.0 Å². The van der Waals surface area contributed by atoms with Crippen molar-refractivity contribution in [3.8, 4) is 0 Å². The van der Waals surface area contributed by atoms with E-state index in [1.807, 2.05) is 4.90 Å². The van der Waals surface area contributed by atoms with Gasteiger partial charge in [0.05, 0.1) is 10.6 Å². The number of piperazine rings is 1. The van der Waals surface area contributed by atoms with Crippen LogP contribution in [0.25, 0.3) is 0 Å². The SMILES string of the molecule is Cc1nnc(N2CCN(C(=O)CCS(=O)(=O)c3ccccc3)CC2)o1. The van der Waals surface area contributed by atoms with Crippen molar-refractivity contribution in [1.82, 2.24) is 15.1 Å². The third-order valence-corrected chi connectivity index (χ3v) is 5.84. The minimum Gasteiger partial charge on any atom is -0.408 e. The third kappa shape index (κ3) is 4.16. The van der Waals surface area contributed by atoms with Crippen molar-refractivity contribution in [3.05, 3.63) is 36.2 Å². The Morgan fingerprint density at radius 1 is 1.12 bits per heavy atom. The van der Waals surface area contributed by atoms with Gasteiger partial charge in [-0.05, 0) is 12.1 Å². The van der Waals surface area contributed by atoms with Crippen LogP contribution >= 0.6 is 0 Å². The van der Waals surface area contributed by atoms with Gasteiger partial charge < -0.3 is 14.2 Å². The second-order valence-electron chi connectivity index (χ2n) is 5.85. The van der Waals surface area contributed by atoms with Crippen LogP contribution in [0.3, 0.4) is 0 Å². The molecule has 0 radical (unpaired) electrons. The molecular weight excluding hydrogens is 344 g/mol. The highest BCUT2D eigenvalue weighted by atomic mass is 32.2. The van der Waals surface area contributed by atoms with Crippen LogP contribution < -0.4 is 4.90 Å². The Labute approximate surface area is 146 Å². The Kier molecular flexibility index (Phi) is 5.03. The first-order valence-corrected chi connectivity index (χ1v) is 9.71. The van der Waals surface area contributed by atoms with Gasteiger partial charge in [0.25, 0.3) is 0 Å². The van der Waals surface area contributed by atoms with Gasteiger partial charge in [0.1, 0.15) is 0 Å². The number of carbonyl (C=O) groups excluding carboxylic acids is 1. The second-order valence-corrected chi connectivity index (χ2v) is 7.96. The van der Waals surface area contributed by atoms with Crippen molar-refractivity contribution >= 4 is 21.8 Å². The number of hydrogen-bond acceptors (Lipinski definition) is 7. The minimum absolute atomic E-state index is 0.0170. The monoisotopic (exact) mass is 364 g/mol. The zero-order valence-corrected chi connectivity index (χ0v) is 14.8. The van der Waals surface area contributed by atoms with E-state index in [1.54, 1.807) is 42.2 Å². The van der Waals surface area contributed by atoms with E-state index in [0.29, 0.717) is 38.1 Å². The quantitative estimate of drug-likeness (QED) is 0.777. The number of anilines is 1. The van der Waals surface area contributed by atoms with E-state index in [0.717, 1.165) is 0 Å². The van der Waals surface area contributed by atoms with E-state index in [2.05, 4.69) is 10.2 Å². The molecule has 1 aliphatic rings. The summed E-state index contributed by atoms with van der Waals surface area (Å²) in [7, 11) is -3.44. The Hall–Kier alpha value is -2.42. The van der Waals surface area contributed by atoms with Crippen molar-refractivity contribution in [1.29, 1.82) is 0 Å². The topological polar surface area (TPSA) is 96.6 Å². The van der Waals surface area contributed by atoms with E-state index in [4.69, 9.17) is 4.42 Å². The lowest BCUT2D eigenvalue weighted by molar-refractivity contribution is -0.131. The van der Waals surface area contributed by atoms with E-state index >= 15 is 0 Å². The number of sulfone groups is 1. The predicted octanol–water partition coefficient (Wildman–Crippen LogP) is 0.891. The second kappa shape index (κ2) is 7.22. The summed E-state index contributed by atoms with van der Waals surface area (Å²) < 4.78 is 29.9. The number of carbonyl (C=O) groups is 1. The van der Waals surface area contributed by atoms with Crippen molar-refractivity contribution < 1.29 is 17.6 Å². The molecule has 25 heavy (non-hydrogen) atoms. The Morgan fingerprint density at radius 3 is 2.40 bits per heavy atom. The van der Waals surface area contributed by atoms with Gasteiger partial charge in [-0.1, -0.05) is 23.3 Å². The molecule has 1 amide bonds. The largest absolute Gasteiger partial charge is 0.408 e. The van der Waals surface area contributed by atoms with Crippen LogP contribution in [-0.4, -0.2) is 61.4 Å². The molecule has 3 rings (SSSR count). The van der Waals surface area contributed by atoms with Crippen molar-refractivity contribution in [2.75, 3.05) is 36.8 Å². The van der Waals surface area contributed by atoms with Crippen molar-refractivity contribution in [3.63, 3.8) is 0 Å². The molecule has 0 unspecified atom stereocenters. The van der Waals surface area contributed by atoms with Gasteiger partial charge in [0, 0.05) is 39.5 Å². The molecule has 1 aromatic heterocycles. The Morgan fingerprint density at radius 2 is 1.80 bits per heavy atom. The molecule has 2 aromatic rings. The van der Waals surface area contributed by atoms with Gasteiger partial charge in [-0.3, -0.25) is 4.79 Å². The first-order valence-electron chi connectivity index (χ1n) is 8.06. The fourth-order valence-corrected chi connectivity index (χ4v) is 3.94. The average Bonchev–Trinajstić information content (AvgIpc) is 3.07. The number of nitrogens with zero attached hydrogens (tertiary/aromatic N) is 4. The van der Waals surface area contributed by atoms with Crippen LogP contribution in [0.4, 0.5) is 6.01 Å². The van der Waals surface area contributed by atoms with Gasteiger partial charge in [-0.2, -0.15) is 0 Å². The summed E-state index contributed by atoms with van der Waals surface area (Å²) >= 11 is 0. The molecule has 0 N–H and O–H groups in total. The maximum Gasteiger partial charge on any atom is 0.318 e. The van der Waals surface area contributed by atoms with Crippen molar-refractivity contribution in [2.45, 2.75) is 18.2 Å². The first kappa shape index (κ1) is 17.4. The fourth-order valence-electron chi connectivity index (χ4n) is 2.69. The standard InChI is InChI=1S/C16H20N4O4S/c1-13-17-18-16(24-13)20-10-8-19(9-11-20)15(21)7-12-25(22,23)14-5-3-2-4-6-14/h2-6H,7-12H2,1H3. The lowest BCUT2D eigenvalue weighted by Crippen LogP contribution is -2.49. The number of amides is 1. The van der Waals surface area contributed by atoms with Crippen LogP contribution in [0, 0.1) is 6.92 Å².